The van der Waals surface area contributed by atoms with Gasteiger partial charge in [0.05, 0.1) is 0 Å². The van der Waals surface area contributed by atoms with Gasteiger partial charge in [0.2, 0.25) is 0 Å². The highest BCUT2D eigenvalue weighted by Gasteiger charge is 2.15. The fraction of sp³-hybridized carbons (Fsp3) is 0.438. The molecule has 1 unspecified atom stereocenters. The fourth-order valence-corrected chi connectivity index (χ4v) is 3.72. The third kappa shape index (κ3) is 4.48. The summed E-state index contributed by atoms with van der Waals surface area (Å²) in [5.41, 5.74) is 1.14. The summed E-state index contributed by atoms with van der Waals surface area (Å²) in [4.78, 5) is 8.63. The zero-order valence-corrected chi connectivity index (χ0v) is 14.1. The highest BCUT2D eigenvalue weighted by atomic mass is 32.2. The van der Waals surface area contributed by atoms with E-state index in [1.54, 1.807) is 24.1 Å². The standard InChI is InChI=1S/C16H22N6S/c1-17-16(20-12-14-4-2-9-23-14)19-11-13-5-7-18-15(10-13)22-8-3-6-21-22/h3,5-8,10,14H,2,4,9,11-12H2,1H3,(H2,17,19,20). The Bertz CT molecular complexity index is 634. The predicted octanol–water partition coefficient (Wildman–Crippen LogP) is 1.83. The Morgan fingerprint density at radius 3 is 3.13 bits per heavy atom. The molecule has 1 fully saturated rings. The number of rotatable bonds is 5. The molecule has 1 aliphatic rings. The second-order valence-electron chi connectivity index (χ2n) is 5.41. The molecule has 1 saturated heterocycles. The van der Waals surface area contributed by atoms with E-state index in [-0.39, 0.29) is 0 Å². The molecule has 6 nitrogen and oxygen atoms in total. The molecule has 0 aromatic carbocycles. The molecule has 2 N–H and O–H groups in total. The first-order valence-corrected chi connectivity index (χ1v) is 8.91. The van der Waals surface area contributed by atoms with Crippen LogP contribution in [0.4, 0.5) is 0 Å². The summed E-state index contributed by atoms with van der Waals surface area (Å²) in [7, 11) is 1.80. The van der Waals surface area contributed by atoms with Crippen LogP contribution in [0.5, 0.6) is 0 Å². The number of thioether (sulfide) groups is 1. The van der Waals surface area contributed by atoms with Crippen molar-refractivity contribution in [1.82, 2.24) is 25.4 Å². The quantitative estimate of drug-likeness (QED) is 0.647. The van der Waals surface area contributed by atoms with Crippen LogP contribution < -0.4 is 10.6 Å². The van der Waals surface area contributed by atoms with Gasteiger partial charge in [-0.15, -0.1) is 0 Å². The average Bonchev–Trinajstić information content (AvgIpc) is 3.29. The first-order chi connectivity index (χ1) is 11.3. The minimum Gasteiger partial charge on any atom is -0.355 e. The van der Waals surface area contributed by atoms with Gasteiger partial charge >= 0.3 is 0 Å². The van der Waals surface area contributed by atoms with E-state index < -0.39 is 0 Å². The van der Waals surface area contributed by atoms with Gasteiger partial charge in [0.1, 0.15) is 0 Å². The van der Waals surface area contributed by atoms with Crippen LogP contribution in [0.2, 0.25) is 0 Å². The van der Waals surface area contributed by atoms with Gasteiger partial charge in [-0.05, 0) is 42.4 Å². The van der Waals surface area contributed by atoms with Crippen molar-refractivity contribution in [3.63, 3.8) is 0 Å². The molecule has 0 spiro atoms. The monoisotopic (exact) mass is 330 g/mol. The minimum atomic E-state index is 0.703. The van der Waals surface area contributed by atoms with Crippen LogP contribution in [0.25, 0.3) is 5.82 Å². The van der Waals surface area contributed by atoms with E-state index in [1.165, 1.54) is 18.6 Å². The SMILES string of the molecule is CN=C(NCc1ccnc(-n2cccn2)c1)NCC1CCCS1. The predicted molar refractivity (Wildman–Crippen MR) is 95.0 cm³/mol. The van der Waals surface area contributed by atoms with Gasteiger partial charge in [-0.25, -0.2) is 9.67 Å². The maximum atomic E-state index is 4.34. The molecule has 2 aromatic rings. The van der Waals surface area contributed by atoms with Crippen molar-refractivity contribution in [3.8, 4) is 5.82 Å². The number of pyridine rings is 1. The Kier molecular flexibility index (Phi) is 5.52. The molecule has 2 aromatic heterocycles. The first-order valence-electron chi connectivity index (χ1n) is 7.86. The molecule has 0 saturated carbocycles. The summed E-state index contributed by atoms with van der Waals surface area (Å²) in [5, 5.41) is 11.7. The Labute approximate surface area is 140 Å². The molecule has 3 rings (SSSR count). The molecule has 7 heteroatoms. The van der Waals surface area contributed by atoms with Gasteiger partial charge in [-0.3, -0.25) is 4.99 Å². The topological polar surface area (TPSA) is 67.1 Å². The molecule has 0 bridgehead atoms. The van der Waals surface area contributed by atoms with E-state index in [9.17, 15) is 0 Å². The molecule has 1 aliphatic heterocycles. The number of nitrogens with one attached hydrogen (secondary N) is 2. The Morgan fingerprint density at radius 2 is 2.39 bits per heavy atom. The highest BCUT2D eigenvalue weighted by molar-refractivity contribution is 8.00. The normalized spacial score (nSPS) is 18.1. The number of aliphatic imine (C=N–C) groups is 1. The second kappa shape index (κ2) is 8.01. The van der Waals surface area contributed by atoms with Crippen LogP contribution in [-0.4, -0.2) is 45.3 Å². The second-order valence-corrected chi connectivity index (χ2v) is 6.82. The molecular formula is C16H22N6S. The summed E-state index contributed by atoms with van der Waals surface area (Å²) >= 11 is 2.05. The van der Waals surface area contributed by atoms with E-state index in [0.717, 1.165) is 23.9 Å². The lowest BCUT2D eigenvalue weighted by molar-refractivity contribution is 0.725. The summed E-state index contributed by atoms with van der Waals surface area (Å²) in [5.74, 6) is 2.94. The molecular weight excluding hydrogens is 308 g/mol. The third-order valence-corrected chi connectivity index (χ3v) is 5.15. The lowest BCUT2D eigenvalue weighted by Crippen LogP contribution is -2.39. The van der Waals surface area contributed by atoms with Crippen molar-refractivity contribution in [2.45, 2.75) is 24.6 Å². The Hall–Kier alpha value is -2.02. The van der Waals surface area contributed by atoms with Crippen LogP contribution in [0.15, 0.2) is 41.8 Å². The van der Waals surface area contributed by atoms with Gasteiger partial charge < -0.3 is 10.6 Å². The zero-order chi connectivity index (χ0) is 15.9. The molecule has 0 radical (unpaired) electrons. The van der Waals surface area contributed by atoms with E-state index in [1.807, 2.05) is 36.2 Å². The van der Waals surface area contributed by atoms with E-state index in [4.69, 9.17) is 0 Å². The number of hydrogen-bond donors (Lipinski definition) is 2. The Morgan fingerprint density at radius 1 is 1.43 bits per heavy atom. The molecule has 0 aliphatic carbocycles. The fourth-order valence-electron chi connectivity index (χ4n) is 2.52. The van der Waals surface area contributed by atoms with Crippen LogP contribution in [0, 0.1) is 0 Å². The number of nitrogens with zero attached hydrogens (tertiary/aromatic N) is 4. The molecule has 3 heterocycles. The minimum absolute atomic E-state index is 0.703. The van der Waals surface area contributed by atoms with Gasteiger partial charge in [0.25, 0.3) is 0 Å². The van der Waals surface area contributed by atoms with Crippen molar-refractivity contribution >= 4 is 17.7 Å². The lowest BCUT2D eigenvalue weighted by atomic mass is 10.2. The summed E-state index contributed by atoms with van der Waals surface area (Å²) < 4.78 is 1.76. The number of hydrogen-bond acceptors (Lipinski definition) is 4. The average molecular weight is 330 g/mol. The van der Waals surface area contributed by atoms with Gasteiger partial charge in [0, 0.05) is 44.0 Å². The van der Waals surface area contributed by atoms with Crippen LogP contribution in [0.1, 0.15) is 18.4 Å². The van der Waals surface area contributed by atoms with Crippen molar-refractivity contribution < 1.29 is 0 Å². The number of aromatic nitrogens is 3. The zero-order valence-electron chi connectivity index (χ0n) is 13.3. The molecule has 0 amide bonds. The summed E-state index contributed by atoms with van der Waals surface area (Å²) in [6.07, 6.45) is 8.07. The van der Waals surface area contributed by atoms with Gasteiger partial charge in [-0.1, -0.05) is 0 Å². The Balaban J connectivity index is 1.53. The lowest BCUT2D eigenvalue weighted by Gasteiger charge is -2.15. The van der Waals surface area contributed by atoms with Crippen molar-refractivity contribution in [3.05, 3.63) is 42.4 Å². The number of guanidine groups is 1. The van der Waals surface area contributed by atoms with Gasteiger partial charge in [0.15, 0.2) is 11.8 Å². The van der Waals surface area contributed by atoms with E-state index in [0.29, 0.717) is 11.8 Å². The molecule has 122 valence electrons. The smallest absolute Gasteiger partial charge is 0.191 e. The van der Waals surface area contributed by atoms with Crippen LogP contribution >= 0.6 is 11.8 Å². The maximum absolute atomic E-state index is 4.34. The summed E-state index contributed by atoms with van der Waals surface area (Å²) in [6, 6.07) is 5.92. The highest BCUT2D eigenvalue weighted by Crippen LogP contribution is 2.25. The molecule has 1 atom stereocenters. The molecule has 23 heavy (non-hydrogen) atoms. The van der Waals surface area contributed by atoms with Gasteiger partial charge in [-0.2, -0.15) is 16.9 Å². The van der Waals surface area contributed by atoms with Crippen molar-refractivity contribution in [1.29, 1.82) is 0 Å². The largest absolute Gasteiger partial charge is 0.355 e. The summed E-state index contributed by atoms with van der Waals surface area (Å²) in [6.45, 7) is 1.67. The van der Waals surface area contributed by atoms with Crippen molar-refractivity contribution in [2.75, 3.05) is 19.3 Å². The van der Waals surface area contributed by atoms with E-state index in [2.05, 4.69) is 25.7 Å². The van der Waals surface area contributed by atoms with Crippen molar-refractivity contribution in [2.24, 2.45) is 4.99 Å². The third-order valence-electron chi connectivity index (χ3n) is 3.75. The van der Waals surface area contributed by atoms with Crippen LogP contribution in [-0.2, 0) is 6.54 Å². The maximum Gasteiger partial charge on any atom is 0.191 e. The van der Waals surface area contributed by atoms with E-state index >= 15 is 0 Å². The van der Waals surface area contributed by atoms with Crippen LogP contribution in [0.3, 0.4) is 0 Å². The first kappa shape index (κ1) is 15.9.